The zero-order valence-corrected chi connectivity index (χ0v) is 12.5. The fourth-order valence-electron chi connectivity index (χ4n) is 3.21. The van der Waals surface area contributed by atoms with Crippen molar-refractivity contribution in [3.05, 3.63) is 12.4 Å². The SMILES string of the molecule is CNC(=O)CN1CC[C@@]12CCN(c1cc(OC)ncn1)C2. The molecule has 2 aliphatic rings. The molecule has 0 unspecified atom stereocenters. The minimum atomic E-state index is 0.0798. The summed E-state index contributed by atoms with van der Waals surface area (Å²) in [6.45, 7) is 3.33. The number of aromatic nitrogens is 2. The molecule has 1 amide bonds. The van der Waals surface area contributed by atoms with Gasteiger partial charge in [0.2, 0.25) is 11.8 Å². The van der Waals surface area contributed by atoms with Crippen LogP contribution in [0, 0.1) is 0 Å². The molecule has 0 radical (unpaired) electrons. The Hall–Kier alpha value is -1.89. The van der Waals surface area contributed by atoms with Crippen molar-refractivity contribution in [2.75, 3.05) is 45.2 Å². The number of methoxy groups -OCH3 is 1. The summed E-state index contributed by atoms with van der Waals surface area (Å²) >= 11 is 0. The first kappa shape index (κ1) is 14.1. The van der Waals surface area contributed by atoms with E-state index >= 15 is 0 Å². The molecule has 2 aliphatic heterocycles. The summed E-state index contributed by atoms with van der Waals surface area (Å²) in [5, 5.41) is 2.70. The molecular formula is C14H21N5O2. The van der Waals surface area contributed by atoms with Crippen LogP contribution in [0.3, 0.4) is 0 Å². The van der Waals surface area contributed by atoms with Crippen molar-refractivity contribution < 1.29 is 9.53 Å². The summed E-state index contributed by atoms with van der Waals surface area (Å²) in [7, 11) is 3.29. The average molecular weight is 291 g/mol. The second-order valence-corrected chi connectivity index (χ2v) is 5.66. The normalized spacial score (nSPS) is 25.0. The molecule has 0 saturated carbocycles. The Kier molecular flexibility index (Phi) is 3.67. The van der Waals surface area contributed by atoms with Crippen molar-refractivity contribution in [1.82, 2.24) is 20.2 Å². The van der Waals surface area contributed by atoms with Crippen LogP contribution in [0.25, 0.3) is 0 Å². The quantitative estimate of drug-likeness (QED) is 0.834. The maximum atomic E-state index is 11.6. The Morgan fingerprint density at radius 1 is 1.43 bits per heavy atom. The molecule has 0 aromatic carbocycles. The number of likely N-dealkylation sites (N-methyl/N-ethyl adjacent to an activating group) is 1. The molecule has 1 N–H and O–H groups in total. The number of nitrogens with zero attached hydrogens (tertiary/aromatic N) is 4. The maximum Gasteiger partial charge on any atom is 0.233 e. The van der Waals surface area contributed by atoms with E-state index in [4.69, 9.17) is 4.74 Å². The first-order valence-electron chi connectivity index (χ1n) is 7.23. The molecule has 1 aromatic rings. The van der Waals surface area contributed by atoms with Crippen LogP contribution in [-0.2, 0) is 4.79 Å². The van der Waals surface area contributed by atoms with Crippen LogP contribution in [0.15, 0.2) is 12.4 Å². The molecule has 21 heavy (non-hydrogen) atoms. The number of hydrogen-bond donors (Lipinski definition) is 1. The predicted octanol–water partition coefficient (Wildman–Crippen LogP) is -0.114. The number of carbonyl (C=O) groups is 1. The van der Waals surface area contributed by atoms with Crippen LogP contribution in [0.1, 0.15) is 12.8 Å². The Morgan fingerprint density at radius 3 is 2.90 bits per heavy atom. The van der Waals surface area contributed by atoms with Crippen molar-refractivity contribution in [2.24, 2.45) is 0 Å². The highest BCUT2D eigenvalue weighted by molar-refractivity contribution is 5.78. The molecule has 114 valence electrons. The number of anilines is 1. The van der Waals surface area contributed by atoms with Gasteiger partial charge in [-0.2, -0.15) is 0 Å². The number of nitrogens with one attached hydrogen (secondary N) is 1. The topological polar surface area (TPSA) is 70.6 Å². The summed E-state index contributed by atoms with van der Waals surface area (Å²) in [6.07, 6.45) is 3.74. The van der Waals surface area contributed by atoms with E-state index in [1.165, 1.54) is 6.33 Å². The molecular weight excluding hydrogens is 270 g/mol. The van der Waals surface area contributed by atoms with E-state index in [0.717, 1.165) is 38.3 Å². The van der Waals surface area contributed by atoms with Crippen molar-refractivity contribution in [2.45, 2.75) is 18.4 Å². The molecule has 7 heteroatoms. The lowest BCUT2D eigenvalue weighted by Gasteiger charge is -2.50. The number of hydrogen-bond acceptors (Lipinski definition) is 6. The summed E-state index contributed by atoms with van der Waals surface area (Å²) in [6, 6.07) is 1.86. The number of amides is 1. The van der Waals surface area contributed by atoms with Crippen LogP contribution < -0.4 is 15.0 Å². The average Bonchev–Trinajstić information content (AvgIpc) is 2.99. The third-order valence-electron chi connectivity index (χ3n) is 4.62. The fraction of sp³-hybridized carbons (Fsp3) is 0.643. The van der Waals surface area contributed by atoms with E-state index in [-0.39, 0.29) is 11.4 Å². The van der Waals surface area contributed by atoms with E-state index in [1.54, 1.807) is 14.2 Å². The van der Waals surface area contributed by atoms with E-state index < -0.39 is 0 Å². The number of rotatable bonds is 4. The Balaban J connectivity index is 1.68. The Bertz CT molecular complexity index is 538. The summed E-state index contributed by atoms with van der Waals surface area (Å²) in [5.41, 5.74) is 0.130. The monoisotopic (exact) mass is 291 g/mol. The van der Waals surface area contributed by atoms with Gasteiger partial charge in [-0.1, -0.05) is 0 Å². The standard InChI is InChI=1S/C14H21N5O2/c1-15-12(20)8-19-6-4-14(19)3-5-18(9-14)11-7-13(21-2)17-10-16-11/h7,10H,3-6,8-9H2,1-2H3,(H,15,20)/t14-/m1/s1. The fourth-order valence-corrected chi connectivity index (χ4v) is 3.21. The van der Waals surface area contributed by atoms with Gasteiger partial charge in [0, 0.05) is 38.3 Å². The lowest BCUT2D eigenvalue weighted by molar-refractivity contribution is -0.126. The molecule has 2 fully saturated rings. The van der Waals surface area contributed by atoms with Gasteiger partial charge in [-0.15, -0.1) is 0 Å². The molecule has 1 atom stereocenters. The van der Waals surface area contributed by atoms with Gasteiger partial charge in [0.05, 0.1) is 13.7 Å². The van der Waals surface area contributed by atoms with Crippen LogP contribution in [0.4, 0.5) is 5.82 Å². The van der Waals surface area contributed by atoms with E-state index in [1.807, 2.05) is 6.07 Å². The summed E-state index contributed by atoms with van der Waals surface area (Å²) < 4.78 is 5.15. The number of likely N-dealkylation sites (tertiary alicyclic amines) is 1. The lowest BCUT2D eigenvalue weighted by atomic mass is 9.83. The van der Waals surface area contributed by atoms with Gasteiger partial charge in [-0.3, -0.25) is 9.69 Å². The van der Waals surface area contributed by atoms with Gasteiger partial charge >= 0.3 is 0 Å². The molecule has 3 rings (SSSR count). The Morgan fingerprint density at radius 2 is 2.24 bits per heavy atom. The molecule has 0 bridgehead atoms. The minimum Gasteiger partial charge on any atom is -0.481 e. The van der Waals surface area contributed by atoms with Crippen molar-refractivity contribution in [3.8, 4) is 5.88 Å². The van der Waals surface area contributed by atoms with Gasteiger partial charge in [0.1, 0.15) is 12.1 Å². The highest BCUT2D eigenvalue weighted by Gasteiger charge is 2.49. The minimum absolute atomic E-state index is 0.0798. The zero-order valence-electron chi connectivity index (χ0n) is 12.5. The van der Waals surface area contributed by atoms with Crippen LogP contribution >= 0.6 is 0 Å². The van der Waals surface area contributed by atoms with Gasteiger partial charge in [0.25, 0.3) is 0 Å². The smallest absolute Gasteiger partial charge is 0.233 e. The van der Waals surface area contributed by atoms with Gasteiger partial charge in [-0.25, -0.2) is 9.97 Å². The van der Waals surface area contributed by atoms with Crippen molar-refractivity contribution in [1.29, 1.82) is 0 Å². The number of ether oxygens (including phenoxy) is 1. The van der Waals surface area contributed by atoms with Crippen LogP contribution in [-0.4, -0.2) is 66.7 Å². The second-order valence-electron chi connectivity index (χ2n) is 5.66. The van der Waals surface area contributed by atoms with Gasteiger partial charge in [-0.05, 0) is 12.8 Å². The summed E-state index contributed by atoms with van der Waals surface area (Å²) in [5.74, 6) is 1.55. The van der Waals surface area contributed by atoms with E-state index in [2.05, 4.69) is 25.1 Å². The van der Waals surface area contributed by atoms with E-state index in [0.29, 0.717) is 12.4 Å². The number of carbonyl (C=O) groups excluding carboxylic acids is 1. The van der Waals surface area contributed by atoms with Crippen LogP contribution in [0.2, 0.25) is 0 Å². The zero-order chi connectivity index (χ0) is 14.9. The molecule has 1 aromatic heterocycles. The van der Waals surface area contributed by atoms with Crippen molar-refractivity contribution in [3.63, 3.8) is 0 Å². The van der Waals surface area contributed by atoms with Crippen LogP contribution in [0.5, 0.6) is 5.88 Å². The third kappa shape index (κ3) is 2.53. The lowest BCUT2D eigenvalue weighted by Crippen LogP contribution is -2.63. The van der Waals surface area contributed by atoms with E-state index in [9.17, 15) is 4.79 Å². The van der Waals surface area contributed by atoms with Gasteiger partial charge in [0.15, 0.2) is 0 Å². The highest BCUT2D eigenvalue weighted by Crippen LogP contribution is 2.40. The first-order chi connectivity index (χ1) is 10.2. The molecule has 3 heterocycles. The molecule has 7 nitrogen and oxygen atoms in total. The Labute approximate surface area is 124 Å². The maximum absolute atomic E-state index is 11.6. The first-order valence-corrected chi connectivity index (χ1v) is 7.23. The predicted molar refractivity (Wildman–Crippen MR) is 78.4 cm³/mol. The highest BCUT2D eigenvalue weighted by atomic mass is 16.5. The van der Waals surface area contributed by atoms with Gasteiger partial charge < -0.3 is 15.0 Å². The molecule has 0 aliphatic carbocycles. The molecule has 1 spiro atoms. The summed E-state index contributed by atoms with van der Waals surface area (Å²) in [4.78, 5) is 24.5. The third-order valence-corrected chi connectivity index (χ3v) is 4.62. The largest absolute Gasteiger partial charge is 0.481 e. The molecule has 2 saturated heterocycles. The second kappa shape index (κ2) is 5.48. The van der Waals surface area contributed by atoms with Crippen molar-refractivity contribution >= 4 is 11.7 Å².